The summed E-state index contributed by atoms with van der Waals surface area (Å²) < 4.78 is 36.2. The second-order valence-electron chi connectivity index (χ2n) is 10.6. The minimum absolute atomic E-state index is 0.0187. The second-order valence-corrected chi connectivity index (χ2v) is 10.6. The Morgan fingerprint density at radius 2 is 1.61 bits per heavy atom. The lowest BCUT2D eigenvalue weighted by Crippen LogP contribution is -2.52. The van der Waals surface area contributed by atoms with Gasteiger partial charge >= 0.3 is 5.97 Å². The quantitative estimate of drug-likeness (QED) is 0.605. The van der Waals surface area contributed by atoms with Gasteiger partial charge in [-0.3, -0.25) is 9.59 Å². The molecule has 4 saturated heterocycles. The summed E-state index contributed by atoms with van der Waals surface area (Å²) in [5.41, 5.74) is -0.624. The van der Waals surface area contributed by atoms with E-state index in [0.29, 0.717) is 25.9 Å². The molecule has 4 aliphatic rings. The van der Waals surface area contributed by atoms with Crippen LogP contribution in [0.4, 0.5) is 0 Å². The highest BCUT2D eigenvalue weighted by molar-refractivity contribution is 5.84. The third-order valence-corrected chi connectivity index (χ3v) is 6.53. The second kappa shape index (κ2) is 8.71. The molecule has 4 heterocycles. The predicted molar refractivity (Wildman–Crippen MR) is 109 cm³/mol. The molecule has 0 aromatic heterocycles. The number of carbonyl (C=O) groups is 2. The largest absolute Gasteiger partial charge is 0.462 e. The molecule has 0 amide bonds. The molecule has 0 aromatic carbocycles. The third kappa shape index (κ3) is 5.30. The van der Waals surface area contributed by atoms with Crippen LogP contribution in [-0.4, -0.2) is 73.5 Å². The molecule has 0 bridgehead atoms. The van der Waals surface area contributed by atoms with Gasteiger partial charge in [0.15, 0.2) is 17.7 Å². The Hall–Kier alpha value is -1.06. The molecule has 7 atom stereocenters. The highest BCUT2D eigenvalue weighted by Gasteiger charge is 2.48. The van der Waals surface area contributed by atoms with Gasteiger partial charge in [-0.25, -0.2) is 0 Å². The van der Waals surface area contributed by atoms with E-state index in [0.717, 1.165) is 12.8 Å². The molecule has 8 nitrogen and oxygen atoms in total. The highest BCUT2D eigenvalue weighted by Crippen LogP contribution is 2.38. The summed E-state index contributed by atoms with van der Waals surface area (Å²) in [5.74, 6) is -0.992. The maximum Gasteiger partial charge on any atom is 0.311 e. The zero-order chi connectivity index (χ0) is 22.4. The van der Waals surface area contributed by atoms with Crippen molar-refractivity contribution in [1.29, 1.82) is 0 Å². The number of hydrogen-bond acceptors (Lipinski definition) is 8. The number of carbonyl (C=O) groups excluding carboxylic acids is 2. The fourth-order valence-corrected chi connectivity index (χ4v) is 4.75. The van der Waals surface area contributed by atoms with Crippen LogP contribution < -0.4 is 0 Å². The normalized spacial score (nSPS) is 40.5. The molecule has 31 heavy (non-hydrogen) atoms. The first-order valence-corrected chi connectivity index (χ1v) is 11.5. The lowest BCUT2D eigenvalue weighted by Gasteiger charge is -2.42. The Labute approximate surface area is 184 Å². The van der Waals surface area contributed by atoms with Crippen molar-refractivity contribution in [1.82, 2.24) is 0 Å². The third-order valence-electron chi connectivity index (χ3n) is 6.53. The van der Waals surface area contributed by atoms with Gasteiger partial charge in [0, 0.05) is 12.8 Å². The summed E-state index contributed by atoms with van der Waals surface area (Å²) in [6.45, 7) is 9.63. The fourth-order valence-electron chi connectivity index (χ4n) is 4.75. The Morgan fingerprint density at radius 1 is 0.968 bits per heavy atom. The molecular weight excluding hydrogens is 404 g/mol. The van der Waals surface area contributed by atoms with Gasteiger partial charge in [0.05, 0.1) is 42.5 Å². The van der Waals surface area contributed by atoms with Crippen LogP contribution in [-0.2, 0) is 38.0 Å². The maximum atomic E-state index is 12.6. The molecule has 8 heteroatoms. The zero-order valence-electron chi connectivity index (χ0n) is 19.3. The average Bonchev–Trinajstić information content (AvgIpc) is 2.94. The van der Waals surface area contributed by atoms with Crippen LogP contribution in [0.2, 0.25) is 0 Å². The summed E-state index contributed by atoms with van der Waals surface area (Å²) in [6, 6.07) is 0. The molecule has 0 unspecified atom stereocenters. The Bertz CT molecular complexity index is 684. The van der Waals surface area contributed by atoms with Crippen molar-refractivity contribution in [2.75, 3.05) is 13.2 Å². The van der Waals surface area contributed by atoms with Crippen LogP contribution in [0.5, 0.6) is 0 Å². The molecule has 0 radical (unpaired) electrons. The SMILES string of the molecule is CC1(C)OC[C@H]2O[C@H]3C[C@H]4O[C@@H](COC(=O)C(C)(C)C)C(=O)CC[C@@H]4O[C@@H]3CC[C@@H]2O1. The van der Waals surface area contributed by atoms with Crippen molar-refractivity contribution in [3.63, 3.8) is 0 Å². The number of ketones is 1. The monoisotopic (exact) mass is 440 g/mol. The van der Waals surface area contributed by atoms with Gasteiger partial charge in [-0.05, 0) is 53.9 Å². The minimum atomic E-state index is -0.762. The van der Waals surface area contributed by atoms with Gasteiger partial charge in [0.2, 0.25) is 0 Å². The van der Waals surface area contributed by atoms with Gasteiger partial charge in [0.1, 0.15) is 12.7 Å². The number of Topliss-reactive ketones (excluding diaryl/α,β-unsaturated/α-hetero) is 1. The van der Waals surface area contributed by atoms with Crippen molar-refractivity contribution in [3.05, 3.63) is 0 Å². The summed E-state index contributed by atoms with van der Waals surface area (Å²) in [6.07, 6.45) is 1.74. The molecule has 0 aliphatic carbocycles. The van der Waals surface area contributed by atoms with Crippen LogP contribution in [0, 0.1) is 5.41 Å². The molecule has 4 rings (SSSR count). The van der Waals surface area contributed by atoms with Crippen molar-refractivity contribution in [2.45, 2.75) is 115 Å². The number of hydrogen-bond donors (Lipinski definition) is 0. The molecular formula is C23H36O8. The first-order chi connectivity index (χ1) is 14.5. The topological polar surface area (TPSA) is 89.5 Å². The first-order valence-electron chi connectivity index (χ1n) is 11.5. The number of ether oxygens (including phenoxy) is 6. The first kappa shape index (κ1) is 23.1. The van der Waals surface area contributed by atoms with E-state index in [9.17, 15) is 9.59 Å². The van der Waals surface area contributed by atoms with Crippen molar-refractivity contribution < 1.29 is 38.0 Å². The van der Waals surface area contributed by atoms with E-state index in [-0.39, 0.29) is 55.0 Å². The van der Waals surface area contributed by atoms with E-state index < -0.39 is 17.3 Å². The Kier molecular flexibility index (Phi) is 6.49. The van der Waals surface area contributed by atoms with E-state index in [1.54, 1.807) is 20.8 Å². The van der Waals surface area contributed by atoms with Crippen LogP contribution in [0.3, 0.4) is 0 Å². The number of esters is 1. The predicted octanol–water partition coefficient (Wildman–Crippen LogP) is 2.55. The minimum Gasteiger partial charge on any atom is -0.462 e. The summed E-state index contributed by atoms with van der Waals surface area (Å²) in [4.78, 5) is 24.7. The van der Waals surface area contributed by atoms with Crippen LogP contribution in [0.1, 0.15) is 66.7 Å². The summed E-state index contributed by atoms with van der Waals surface area (Å²) >= 11 is 0. The van der Waals surface area contributed by atoms with E-state index in [2.05, 4.69) is 0 Å². The van der Waals surface area contributed by atoms with Gasteiger partial charge in [-0.2, -0.15) is 0 Å². The van der Waals surface area contributed by atoms with Gasteiger partial charge in [0.25, 0.3) is 0 Å². The van der Waals surface area contributed by atoms with Crippen LogP contribution >= 0.6 is 0 Å². The fraction of sp³-hybridized carbons (Fsp3) is 0.913. The van der Waals surface area contributed by atoms with E-state index in [1.165, 1.54) is 0 Å². The number of fused-ring (bicyclic) bond motifs is 3. The van der Waals surface area contributed by atoms with Crippen LogP contribution in [0.25, 0.3) is 0 Å². The summed E-state index contributed by atoms with van der Waals surface area (Å²) in [7, 11) is 0. The smallest absolute Gasteiger partial charge is 0.311 e. The van der Waals surface area contributed by atoms with Crippen molar-refractivity contribution in [3.8, 4) is 0 Å². The Balaban J connectivity index is 1.40. The van der Waals surface area contributed by atoms with E-state index in [1.807, 2.05) is 13.8 Å². The molecule has 0 aromatic rings. The average molecular weight is 441 g/mol. The lowest BCUT2D eigenvalue weighted by atomic mass is 9.93. The standard InChI is InChI=1S/C23H36O8/c1-22(2,3)21(25)26-11-19-13(24)6-7-14-17(29-19)10-18-15(28-14)8-9-16-20(30-18)12-27-23(4,5)31-16/h14-20H,6-12H2,1-5H3/t14-,15+,16-,17+,18-,19-,20+/m0/s1. The van der Waals surface area contributed by atoms with Gasteiger partial charge in [-0.15, -0.1) is 0 Å². The van der Waals surface area contributed by atoms with Crippen LogP contribution in [0.15, 0.2) is 0 Å². The molecule has 0 N–H and O–H groups in total. The van der Waals surface area contributed by atoms with E-state index in [4.69, 9.17) is 28.4 Å². The number of rotatable bonds is 2. The van der Waals surface area contributed by atoms with Gasteiger partial charge in [-0.1, -0.05) is 0 Å². The molecule has 176 valence electrons. The summed E-state index contributed by atoms with van der Waals surface area (Å²) in [5, 5.41) is 0. The van der Waals surface area contributed by atoms with E-state index >= 15 is 0 Å². The van der Waals surface area contributed by atoms with Crippen molar-refractivity contribution >= 4 is 11.8 Å². The molecule has 4 aliphatic heterocycles. The molecule has 0 saturated carbocycles. The highest BCUT2D eigenvalue weighted by atomic mass is 16.7. The molecule has 0 spiro atoms. The van der Waals surface area contributed by atoms with Gasteiger partial charge < -0.3 is 28.4 Å². The van der Waals surface area contributed by atoms with Crippen molar-refractivity contribution in [2.24, 2.45) is 5.41 Å². The zero-order valence-corrected chi connectivity index (χ0v) is 19.3. The molecule has 4 fully saturated rings. The Morgan fingerprint density at radius 3 is 2.35 bits per heavy atom. The lowest BCUT2D eigenvalue weighted by molar-refractivity contribution is -0.316. The maximum absolute atomic E-state index is 12.6.